The van der Waals surface area contributed by atoms with E-state index in [0.29, 0.717) is 13.1 Å². The Morgan fingerprint density at radius 2 is 2.07 bits per heavy atom. The quantitative estimate of drug-likeness (QED) is 0.455. The van der Waals surface area contributed by atoms with Crippen LogP contribution in [0.2, 0.25) is 0 Å². The number of nitrogens with one attached hydrogen (secondary N) is 2. The molecule has 152 valence electrons. The van der Waals surface area contributed by atoms with E-state index < -0.39 is 0 Å². The fourth-order valence-electron chi connectivity index (χ4n) is 2.79. The second kappa shape index (κ2) is 10.3. The fourth-order valence-corrected chi connectivity index (χ4v) is 2.79. The van der Waals surface area contributed by atoms with E-state index in [4.69, 9.17) is 4.74 Å². The molecule has 0 radical (unpaired) electrons. The third-order valence-electron chi connectivity index (χ3n) is 4.32. The SMILES string of the molecule is CCNC(=NCc1ccnc(-n2ccnc2)c1)NCC(C)Oc1ccccc1C. The van der Waals surface area contributed by atoms with E-state index in [1.165, 1.54) is 0 Å². The third kappa shape index (κ3) is 6.07. The highest BCUT2D eigenvalue weighted by Crippen LogP contribution is 2.17. The van der Waals surface area contributed by atoms with Crippen molar-refractivity contribution in [2.45, 2.75) is 33.4 Å². The number of aryl methyl sites for hydroxylation is 1. The van der Waals surface area contributed by atoms with Gasteiger partial charge in [0.2, 0.25) is 0 Å². The maximum absolute atomic E-state index is 6.03. The molecule has 0 aliphatic heterocycles. The van der Waals surface area contributed by atoms with E-state index in [-0.39, 0.29) is 6.10 Å². The number of aliphatic imine (C=N–C) groups is 1. The molecule has 1 unspecified atom stereocenters. The van der Waals surface area contributed by atoms with Crippen molar-refractivity contribution in [2.24, 2.45) is 4.99 Å². The fraction of sp³-hybridized carbons (Fsp3) is 0.318. The minimum absolute atomic E-state index is 0.00808. The van der Waals surface area contributed by atoms with Crippen LogP contribution in [0.3, 0.4) is 0 Å². The van der Waals surface area contributed by atoms with Gasteiger partial charge >= 0.3 is 0 Å². The molecule has 0 bridgehead atoms. The monoisotopic (exact) mass is 392 g/mol. The van der Waals surface area contributed by atoms with Crippen LogP contribution in [0.15, 0.2) is 66.3 Å². The minimum Gasteiger partial charge on any atom is -0.489 e. The highest BCUT2D eigenvalue weighted by molar-refractivity contribution is 5.79. The van der Waals surface area contributed by atoms with Crippen LogP contribution in [-0.4, -0.2) is 39.7 Å². The minimum atomic E-state index is 0.00808. The molecule has 29 heavy (non-hydrogen) atoms. The number of benzene rings is 1. The molecule has 0 spiro atoms. The van der Waals surface area contributed by atoms with Crippen LogP contribution in [0.5, 0.6) is 5.75 Å². The van der Waals surface area contributed by atoms with Gasteiger partial charge in [0.25, 0.3) is 0 Å². The molecule has 1 aromatic carbocycles. The second-order valence-corrected chi connectivity index (χ2v) is 6.76. The van der Waals surface area contributed by atoms with Crippen LogP contribution in [0.25, 0.3) is 5.82 Å². The largest absolute Gasteiger partial charge is 0.489 e. The first kappa shape index (κ1) is 20.4. The molecule has 7 nitrogen and oxygen atoms in total. The predicted molar refractivity (Wildman–Crippen MR) is 115 cm³/mol. The zero-order valence-corrected chi connectivity index (χ0v) is 17.2. The summed E-state index contributed by atoms with van der Waals surface area (Å²) in [4.78, 5) is 13.1. The van der Waals surface area contributed by atoms with Gasteiger partial charge in [-0.05, 0) is 50.1 Å². The maximum Gasteiger partial charge on any atom is 0.191 e. The highest BCUT2D eigenvalue weighted by Gasteiger charge is 2.07. The van der Waals surface area contributed by atoms with E-state index in [1.54, 1.807) is 18.7 Å². The van der Waals surface area contributed by atoms with Crippen molar-refractivity contribution in [3.63, 3.8) is 0 Å². The van der Waals surface area contributed by atoms with Gasteiger partial charge in [-0.25, -0.2) is 15.0 Å². The smallest absolute Gasteiger partial charge is 0.191 e. The molecule has 2 heterocycles. The van der Waals surface area contributed by atoms with Gasteiger partial charge in [-0.3, -0.25) is 4.57 Å². The Morgan fingerprint density at radius 1 is 1.21 bits per heavy atom. The molecule has 0 amide bonds. The standard InChI is InChI=1S/C22H28N6O/c1-4-24-22(26-14-18(3)29-20-8-6-5-7-17(20)2)27-15-19-9-10-25-21(13-19)28-12-11-23-16-28/h5-13,16,18H,4,14-15H2,1-3H3,(H2,24,26,27). The molecular formula is C22H28N6O. The van der Waals surface area contributed by atoms with Gasteiger partial charge in [0, 0.05) is 25.1 Å². The summed E-state index contributed by atoms with van der Waals surface area (Å²) in [6, 6.07) is 12.0. The van der Waals surface area contributed by atoms with Crippen molar-refractivity contribution >= 4 is 5.96 Å². The number of rotatable bonds is 8. The van der Waals surface area contributed by atoms with Crippen LogP contribution in [-0.2, 0) is 6.54 Å². The highest BCUT2D eigenvalue weighted by atomic mass is 16.5. The van der Waals surface area contributed by atoms with Crippen molar-refractivity contribution in [1.29, 1.82) is 0 Å². The summed E-state index contributed by atoms with van der Waals surface area (Å²) in [6.07, 6.45) is 7.14. The number of guanidine groups is 1. The lowest BCUT2D eigenvalue weighted by molar-refractivity contribution is 0.222. The number of aromatic nitrogens is 3. The normalized spacial score (nSPS) is 12.4. The lowest BCUT2D eigenvalue weighted by atomic mass is 10.2. The summed E-state index contributed by atoms with van der Waals surface area (Å²) >= 11 is 0. The summed E-state index contributed by atoms with van der Waals surface area (Å²) < 4.78 is 7.91. The predicted octanol–water partition coefficient (Wildman–Crippen LogP) is 3.10. The van der Waals surface area contributed by atoms with Gasteiger partial charge in [-0.15, -0.1) is 0 Å². The summed E-state index contributed by atoms with van der Waals surface area (Å²) in [5, 5.41) is 6.63. The second-order valence-electron chi connectivity index (χ2n) is 6.76. The van der Waals surface area contributed by atoms with Crippen LogP contribution >= 0.6 is 0 Å². The molecule has 3 aromatic rings. The summed E-state index contributed by atoms with van der Waals surface area (Å²) in [7, 11) is 0. The van der Waals surface area contributed by atoms with E-state index in [1.807, 2.05) is 67.9 Å². The van der Waals surface area contributed by atoms with Crippen LogP contribution < -0.4 is 15.4 Å². The van der Waals surface area contributed by atoms with Crippen molar-refractivity contribution in [3.8, 4) is 11.6 Å². The molecule has 0 saturated carbocycles. The Balaban J connectivity index is 1.58. The first-order valence-electron chi connectivity index (χ1n) is 9.83. The molecule has 0 aliphatic rings. The zero-order valence-electron chi connectivity index (χ0n) is 17.2. The first-order valence-corrected chi connectivity index (χ1v) is 9.83. The van der Waals surface area contributed by atoms with Crippen molar-refractivity contribution < 1.29 is 4.74 Å². The Morgan fingerprint density at radius 3 is 2.83 bits per heavy atom. The topological polar surface area (TPSA) is 76.4 Å². The van der Waals surface area contributed by atoms with Gasteiger partial charge in [-0.1, -0.05) is 18.2 Å². The molecule has 0 aliphatic carbocycles. The number of hydrogen-bond donors (Lipinski definition) is 2. The average molecular weight is 393 g/mol. The number of hydrogen-bond acceptors (Lipinski definition) is 4. The van der Waals surface area contributed by atoms with Gasteiger partial charge < -0.3 is 15.4 Å². The van der Waals surface area contributed by atoms with Gasteiger partial charge in [-0.2, -0.15) is 0 Å². The van der Waals surface area contributed by atoms with Crippen molar-refractivity contribution in [2.75, 3.05) is 13.1 Å². The van der Waals surface area contributed by atoms with Crippen molar-refractivity contribution in [3.05, 3.63) is 72.4 Å². The number of pyridine rings is 1. The molecule has 2 N–H and O–H groups in total. The van der Waals surface area contributed by atoms with Gasteiger partial charge in [0.05, 0.1) is 13.1 Å². The molecule has 1 atom stereocenters. The molecular weight excluding hydrogens is 364 g/mol. The third-order valence-corrected chi connectivity index (χ3v) is 4.32. The van der Waals surface area contributed by atoms with E-state index >= 15 is 0 Å². The number of ether oxygens (including phenoxy) is 1. The lowest BCUT2D eigenvalue weighted by Crippen LogP contribution is -2.41. The number of imidazole rings is 1. The number of nitrogens with zero attached hydrogens (tertiary/aromatic N) is 4. The van der Waals surface area contributed by atoms with Gasteiger partial charge in [0.15, 0.2) is 5.96 Å². The Bertz CT molecular complexity index is 923. The Labute approximate surface area is 171 Å². The zero-order chi connectivity index (χ0) is 20.5. The Kier molecular flexibility index (Phi) is 7.22. The van der Waals surface area contributed by atoms with E-state index in [0.717, 1.165) is 35.2 Å². The summed E-state index contributed by atoms with van der Waals surface area (Å²) in [6.45, 7) is 8.13. The average Bonchev–Trinajstić information content (AvgIpc) is 3.27. The summed E-state index contributed by atoms with van der Waals surface area (Å²) in [5.74, 6) is 2.50. The summed E-state index contributed by atoms with van der Waals surface area (Å²) in [5.41, 5.74) is 2.21. The van der Waals surface area contributed by atoms with E-state index in [2.05, 4.69) is 25.6 Å². The lowest BCUT2D eigenvalue weighted by Gasteiger charge is -2.18. The van der Waals surface area contributed by atoms with Crippen molar-refractivity contribution in [1.82, 2.24) is 25.2 Å². The van der Waals surface area contributed by atoms with Crippen LogP contribution in [0.1, 0.15) is 25.0 Å². The van der Waals surface area contributed by atoms with Crippen LogP contribution in [0, 0.1) is 6.92 Å². The molecule has 2 aromatic heterocycles. The Hall–Kier alpha value is -3.35. The molecule has 7 heteroatoms. The number of para-hydroxylation sites is 1. The molecule has 3 rings (SSSR count). The van der Waals surface area contributed by atoms with Crippen LogP contribution in [0.4, 0.5) is 0 Å². The first-order chi connectivity index (χ1) is 14.2. The van der Waals surface area contributed by atoms with E-state index in [9.17, 15) is 0 Å². The maximum atomic E-state index is 6.03. The molecule has 0 saturated heterocycles. The van der Waals surface area contributed by atoms with Gasteiger partial charge in [0.1, 0.15) is 24.0 Å². The molecule has 0 fully saturated rings.